The number of hydrogen-bond donors (Lipinski definition) is 1. The minimum atomic E-state index is -0.927. The van der Waals surface area contributed by atoms with Crippen LogP contribution in [0.3, 0.4) is 0 Å². The van der Waals surface area contributed by atoms with Crippen molar-refractivity contribution >= 4 is 11.0 Å². The fourth-order valence-electron chi connectivity index (χ4n) is 1.92. The first kappa shape index (κ1) is 14.9. The quantitative estimate of drug-likeness (QED) is 0.885. The van der Waals surface area contributed by atoms with Gasteiger partial charge in [0, 0.05) is 18.7 Å². The summed E-state index contributed by atoms with van der Waals surface area (Å²) in [6, 6.07) is 2.13. The molecule has 1 aromatic carbocycles. The molecule has 1 aromatic heterocycles. The normalized spacial score (nSPS) is 13.3. The number of rotatable bonds is 6. The third kappa shape index (κ3) is 3.52. The fourth-order valence-corrected chi connectivity index (χ4v) is 1.92. The van der Waals surface area contributed by atoms with Crippen LogP contribution in [0.5, 0.6) is 0 Å². The third-order valence-corrected chi connectivity index (χ3v) is 2.83. The fraction of sp³-hybridized carbons (Fsp3) is 0.500. The van der Waals surface area contributed by atoms with Crippen LogP contribution < -0.4 is 0 Å². The molecule has 1 N–H and O–H groups in total. The van der Waals surface area contributed by atoms with Crippen molar-refractivity contribution in [2.24, 2.45) is 5.92 Å². The van der Waals surface area contributed by atoms with E-state index < -0.39 is 17.7 Å². The lowest BCUT2D eigenvalue weighted by Gasteiger charge is -2.13. The van der Waals surface area contributed by atoms with Gasteiger partial charge in [0.25, 0.3) is 0 Å². The Bertz CT molecular complexity index is 584. The summed E-state index contributed by atoms with van der Waals surface area (Å²) in [5, 5.41) is 9.88. The van der Waals surface area contributed by atoms with Gasteiger partial charge in [-0.15, -0.1) is 0 Å². The molecule has 0 aliphatic rings. The molecule has 0 radical (unpaired) electrons. The molecule has 0 aliphatic carbocycles. The van der Waals surface area contributed by atoms with E-state index in [-0.39, 0.29) is 13.2 Å². The van der Waals surface area contributed by atoms with Gasteiger partial charge in [0.1, 0.15) is 0 Å². The summed E-state index contributed by atoms with van der Waals surface area (Å²) in [7, 11) is 0. The van der Waals surface area contributed by atoms with E-state index >= 15 is 0 Å². The summed E-state index contributed by atoms with van der Waals surface area (Å²) < 4.78 is 33.2. The third-order valence-electron chi connectivity index (χ3n) is 2.83. The first-order valence-corrected chi connectivity index (χ1v) is 6.53. The van der Waals surface area contributed by atoms with E-state index in [1.165, 1.54) is 6.33 Å². The molecule has 1 heterocycles. The minimum absolute atomic E-state index is 0.196. The zero-order valence-electron chi connectivity index (χ0n) is 11.5. The highest BCUT2D eigenvalue weighted by Gasteiger charge is 2.12. The molecule has 0 aliphatic heterocycles. The van der Waals surface area contributed by atoms with Gasteiger partial charge < -0.3 is 14.4 Å². The molecule has 0 spiro atoms. The van der Waals surface area contributed by atoms with Gasteiger partial charge in [0.2, 0.25) is 0 Å². The Balaban J connectivity index is 2.04. The van der Waals surface area contributed by atoms with Crippen molar-refractivity contribution in [1.82, 2.24) is 9.55 Å². The van der Waals surface area contributed by atoms with E-state index in [2.05, 4.69) is 4.98 Å². The van der Waals surface area contributed by atoms with Crippen LogP contribution in [0.15, 0.2) is 18.5 Å². The van der Waals surface area contributed by atoms with Crippen LogP contribution in [0.4, 0.5) is 8.78 Å². The number of fused-ring (bicyclic) bond motifs is 1. The van der Waals surface area contributed by atoms with Gasteiger partial charge in [-0.2, -0.15) is 0 Å². The first-order valence-electron chi connectivity index (χ1n) is 6.53. The molecular formula is C14H18F2N2O2. The van der Waals surface area contributed by atoms with Crippen LogP contribution in [0.2, 0.25) is 0 Å². The highest BCUT2D eigenvalue weighted by Crippen LogP contribution is 2.17. The van der Waals surface area contributed by atoms with Crippen molar-refractivity contribution < 1.29 is 18.6 Å². The van der Waals surface area contributed by atoms with Crippen molar-refractivity contribution in [2.75, 3.05) is 13.2 Å². The molecule has 0 amide bonds. The number of imidazole rings is 1. The second kappa shape index (κ2) is 6.28. The molecule has 0 saturated carbocycles. The van der Waals surface area contributed by atoms with Crippen molar-refractivity contribution in [2.45, 2.75) is 26.5 Å². The largest absolute Gasteiger partial charge is 0.389 e. The number of benzene rings is 1. The SMILES string of the molecule is CC(C)COC[C@H](O)Cn1cnc2cc(F)c(F)cc21. The summed E-state index contributed by atoms with van der Waals surface area (Å²) in [5.74, 6) is -1.46. The summed E-state index contributed by atoms with van der Waals surface area (Å²) in [4.78, 5) is 3.99. The van der Waals surface area contributed by atoms with Gasteiger partial charge in [-0.3, -0.25) is 0 Å². The Morgan fingerprint density at radius 2 is 1.95 bits per heavy atom. The predicted molar refractivity (Wildman–Crippen MR) is 71.3 cm³/mol. The number of halogens is 2. The zero-order chi connectivity index (χ0) is 14.7. The van der Waals surface area contributed by atoms with Crippen LogP contribution >= 0.6 is 0 Å². The van der Waals surface area contributed by atoms with Gasteiger partial charge in [-0.25, -0.2) is 13.8 Å². The van der Waals surface area contributed by atoms with E-state index in [4.69, 9.17) is 4.74 Å². The minimum Gasteiger partial charge on any atom is -0.389 e. The highest BCUT2D eigenvalue weighted by atomic mass is 19.2. The predicted octanol–water partition coefficient (Wildman–Crippen LogP) is 2.35. The second-order valence-electron chi connectivity index (χ2n) is 5.24. The standard InChI is InChI=1S/C14H18F2N2O2/c1-9(2)6-20-7-10(19)5-18-8-17-13-3-11(15)12(16)4-14(13)18/h3-4,8-10,19H,5-7H2,1-2H3/t10-/m1/s1. The van der Waals surface area contributed by atoms with E-state index in [1.807, 2.05) is 13.8 Å². The lowest BCUT2D eigenvalue weighted by molar-refractivity contribution is 0.0185. The number of ether oxygens (including phenoxy) is 1. The summed E-state index contributed by atoms with van der Waals surface area (Å²) in [5.41, 5.74) is 0.811. The number of aliphatic hydroxyl groups is 1. The number of aliphatic hydroxyl groups excluding tert-OH is 1. The Labute approximate surface area is 116 Å². The molecule has 2 aromatic rings. The van der Waals surface area contributed by atoms with E-state index in [9.17, 15) is 13.9 Å². The number of hydrogen-bond acceptors (Lipinski definition) is 3. The zero-order valence-corrected chi connectivity index (χ0v) is 11.5. The van der Waals surface area contributed by atoms with E-state index in [0.29, 0.717) is 23.6 Å². The van der Waals surface area contributed by atoms with Gasteiger partial charge >= 0.3 is 0 Å². The second-order valence-corrected chi connectivity index (χ2v) is 5.24. The maximum Gasteiger partial charge on any atom is 0.161 e. The molecular weight excluding hydrogens is 266 g/mol. The Morgan fingerprint density at radius 3 is 2.65 bits per heavy atom. The molecule has 0 saturated heterocycles. The monoisotopic (exact) mass is 284 g/mol. The van der Waals surface area contributed by atoms with E-state index in [0.717, 1.165) is 12.1 Å². The average Bonchev–Trinajstić information content (AvgIpc) is 2.72. The molecule has 6 heteroatoms. The van der Waals surface area contributed by atoms with Crippen molar-refractivity contribution in [3.8, 4) is 0 Å². The lowest BCUT2D eigenvalue weighted by Crippen LogP contribution is -2.22. The summed E-state index contributed by atoms with van der Waals surface area (Å²) >= 11 is 0. The number of nitrogens with zero attached hydrogens (tertiary/aromatic N) is 2. The maximum absolute atomic E-state index is 13.2. The summed E-state index contributed by atoms with van der Waals surface area (Å²) in [6.07, 6.45) is 0.731. The van der Waals surface area contributed by atoms with Gasteiger partial charge in [0.05, 0.1) is 36.6 Å². The molecule has 0 fully saturated rings. The molecule has 0 unspecified atom stereocenters. The van der Waals surface area contributed by atoms with Crippen LogP contribution in [-0.2, 0) is 11.3 Å². The van der Waals surface area contributed by atoms with Gasteiger partial charge in [0.15, 0.2) is 11.6 Å². The molecule has 1 atom stereocenters. The number of aromatic nitrogens is 2. The van der Waals surface area contributed by atoms with Gasteiger partial charge in [-0.05, 0) is 5.92 Å². The van der Waals surface area contributed by atoms with Crippen LogP contribution in [0, 0.1) is 17.6 Å². The smallest absolute Gasteiger partial charge is 0.161 e. The molecule has 4 nitrogen and oxygen atoms in total. The average molecular weight is 284 g/mol. The van der Waals surface area contributed by atoms with E-state index in [1.54, 1.807) is 4.57 Å². The molecule has 20 heavy (non-hydrogen) atoms. The van der Waals surface area contributed by atoms with Gasteiger partial charge in [-0.1, -0.05) is 13.8 Å². The Kier molecular flexibility index (Phi) is 4.67. The topological polar surface area (TPSA) is 47.3 Å². The summed E-state index contributed by atoms with van der Waals surface area (Å²) in [6.45, 7) is 5.03. The molecule has 110 valence electrons. The van der Waals surface area contributed by atoms with Crippen LogP contribution in [0.25, 0.3) is 11.0 Å². The van der Waals surface area contributed by atoms with Crippen LogP contribution in [0.1, 0.15) is 13.8 Å². The first-order chi connectivity index (χ1) is 9.47. The van der Waals surface area contributed by atoms with Crippen molar-refractivity contribution in [3.63, 3.8) is 0 Å². The van der Waals surface area contributed by atoms with Crippen molar-refractivity contribution in [1.29, 1.82) is 0 Å². The van der Waals surface area contributed by atoms with Crippen molar-refractivity contribution in [3.05, 3.63) is 30.1 Å². The Morgan fingerprint density at radius 1 is 1.25 bits per heavy atom. The van der Waals surface area contributed by atoms with Crippen LogP contribution in [-0.4, -0.2) is 34.0 Å². The highest BCUT2D eigenvalue weighted by molar-refractivity contribution is 5.75. The Hall–Kier alpha value is -1.53. The molecule has 0 bridgehead atoms. The molecule has 2 rings (SSSR count). The maximum atomic E-state index is 13.2. The lowest BCUT2D eigenvalue weighted by atomic mass is 10.2.